The molecule has 0 saturated heterocycles. The van der Waals surface area contributed by atoms with Crippen LogP contribution < -0.4 is 15.3 Å². The third kappa shape index (κ3) is 5.53. The van der Waals surface area contributed by atoms with Crippen LogP contribution in [0, 0.1) is 0 Å². The van der Waals surface area contributed by atoms with Crippen molar-refractivity contribution in [1.82, 2.24) is 10.4 Å². The van der Waals surface area contributed by atoms with Gasteiger partial charge in [0.05, 0.1) is 22.8 Å². The Balaban J connectivity index is 1.50. The fraction of sp³-hybridized carbons (Fsp3) is 0.0385. The molecular weight excluding hydrogens is 432 g/mol. The molecule has 0 aliphatic heterocycles. The van der Waals surface area contributed by atoms with Gasteiger partial charge in [0.1, 0.15) is 0 Å². The van der Waals surface area contributed by atoms with Gasteiger partial charge in [-0.05, 0) is 42.5 Å². The summed E-state index contributed by atoms with van der Waals surface area (Å²) in [5.74, 6) is -0.436. The minimum absolute atomic E-state index is 0.134. The summed E-state index contributed by atoms with van der Waals surface area (Å²) in [5.41, 5.74) is 5.92. The van der Waals surface area contributed by atoms with Crippen LogP contribution in [0.5, 0.6) is 0 Å². The Bertz CT molecular complexity index is 1200. The van der Waals surface area contributed by atoms with Crippen LogP contribution in [0.15, 0.2) is 102 Å². The van der Waals surface area contributed by atoms with Gasteiger partial charge in [-0.3, -0.25) is 24.9 Å². The van der Waals surface area contributed by atoms with Crippen molar-refractivity contribution >= 4 is 51.4 Å². The van der Waals surface area contributed by atoms with Crippen molar-refractivity contribution < 1.29 is 9.59 Å². The molecule has 0 spiro atoms. The zero-order valence-corrected chi connectivity index (χ0v) is 18.8. The molecule has 0 atom stereocenters. The quantitative estimate of drug-likeness (QED) is 0.287. The van der Waals surface area contributed by atoms with E-state index < -0.39 is 0 Å². The number of benzene rings is 3. The van der Waals surface area contributed by atoms with Crippen LogP contribution in [-0.2, 0) is 9.59 Å². The van der Waals surface area contributed by atoms with Gasteiger partial charge < -0.3 is 0 Å². The van der Waals surface area contributed by atoms with E-state index in [1.54, 1.807) is 16.0 Å². The molecule has 0 aliphatic rings. The van der Waals surface area contributed by atoms with Crippen molar-refractivity contribution in [3.05, 3.63) is 108 Å². The Labute approximate surface area is 196 Å². The molecule has 164 valence electrons. The first-order valence-corrected chi connectivity index (χ1v) is 11.2. The van der Waals surface area contributed by atoms with E-state index in [9.17, 15) is 9.59 Å². The number of para-hydroxylation sites is 3. The lowest BCUT2D eigenvalue weighted by molar-refractivity contribution is -0.117. The smallest absolute Gasteiger partial charge is 0.262 e. The molecule has 33 heavy (non-hydrogen) atoms. The number of hydrogen-bond acceptors (Lipinski definition) is 5. The van der Waals surface area contributed by atoms with Crippen LogP contribution in [0.25, 0.3) is 6.08 Å². The van der Waals surface area contributed by atoms with Gasteiger partial charge in [-0.2, -0.15) is 0 Å². The van der Waals surface area contributed by atoms with E-state index in [-0.39, 0.29) is 11.8 Å². The molecule has 3 aromatic carbocycles. The highest BCUT2D eigenvalue weighted by Crippen LogP contribution is 2.29. The Morgan fingerprint density at radius 1 is 0.818 bits per heavy atom. The van der Waals surface area contributed by atoms with Crippen LogP contribution in [0.1, 0.15) is 12.6 Å². The van der Waals surface area contributed by atoms with E-state index >= 15 is 0 Å². The molecule has 0 aliphatic carbocycles. The van der Waals surface area contributed by atoms with Crippen molar-refractivity contribution in [2.24, 2.45) is 0 Å². The van der Waals surface area contributed by atoms with Crippen molar-refractivity contribution in [2.45, 2.75) is 6.92 Å². The average Bonchev–Trinajstić information content (AvgIpc) is 3.31. The Morgan fingerprint density at radius 2 is 1.33 bits per heavy atom. The van der Waals surface area contributed by atoms with Gasteiger partial charge >= 0.3 is 0 Å². The van der Waals surface area contributed by atoms with Crippen molar-refractivity contribution in [3.8, 4) is 0 Å². The summed E-state index contributed by atoms with van der Waals surface area (Å²) in [4.78, 5) is 31.0. The van der Waals surface area contributed by atoms with E-state index in [4.69, 9.17) is 0 Å². The molecule has 1 heterocycles. The van der Waals surface area contributed by atoms with E-state index in [1.165, 1.54) is 24.3 Å². The summed E-state index contributed by atoms with van der Waals surface area (Å²) in [7, 11) is 0. The largest absolute Gasteiger partial charge is 0.274 e. The zero-order chi connectivity index (χ0) is 23.0. The van der Waals surface area contributed by atoms with Gasteiger partial charge in [0.25, 0.3) is 5.91 Å². The fourth-order valence-electron chi connectivity index (χ4n) is 3.20. The molecule has 4 aromatic rings. The highest BCUT2D eigenvalue weighted by atomic mass is 32.1. The number of carbonyl (C=O) groups is 2. The number of aromatic nitrogens is 1. The molecule has 7 heteroatoms. The average molecular weight is 455 g/mol. The third-order valence-electron chi connectivity index (χ3n) is 4.69. The van der Waals surface area contributed by atoms with E-state index in [0.29, 0.717) is 10.8 Å². The predicted octanol–water partition coefficient (Wildman–Crippen LogP) is 5.71. The van der Waals surface area contributed by atoms with Crippen LogP contribution in [-0.4, -0.2) is 16.8 Å². The van der Waals surface area contributed by atoms with E-state index in [2.05, 4.69) is 10.4 Å². The monoisotopic (exact) mass is 454 g/mol. The first-order chi connectivity index (χ1) is 16.1. The van der Waals surface area contributed by atoms with Gasteiger partial charge in [-0.15, -0.1) is 11.3 Å². The number of nitrogens with zero attached hydrogens (tertiary/aromatic N) is 3. The lowest BCUT2D eigenvalue weighted by Gasteiger charge is -2.24. The summed E-state index contributed by atoms with van der Waals surface area (Å²) in [5, 5.41) is 4.08. The second-order valence-corrected chi connectivity index (χ2v) is 7.90. The maximum Gasteiger partial charge on any atom is 0.262 e. The maximum absolute atomic E-state index is 12.7. The number of hydrogen-bond donors (Lipinski definition) is 1. The van der Waals surface area contributed by atoms with E-state index in [0.717, 1.165) is 17.1 Å². The maximum atomic E-state index is 12.7. The van der Waals surface area contributed by atoms with Crippen LogP contribution in [0.3, 0.4) is 0 Å². The van der Waals surface area contributed by atoms with Crippen molar-refractivity contribution in [3.63, 3.8) is 0 Å². The molecule has 0 bridgehead atoms. The Hall–Kier alpha value is -4.23. The summed E-state index contributed by atoms with van der Waals surface area (Å²) >= 11 is 1.34. The predicted molar refractivity (Wildman–Crippen MR) is 134 cm³/mol. The summed E-state index contributed by atoms with van der Waals surface area (Å²) in [6, 6.07) is 28.5. The SMILES string of the molecule is CC(=O)N(c1ccccc1)c1nc(/C=C/C(=O)NN(c2ccccc2)c2ccccc2)cs1. The van der Waals surface area contributed by atoms with Crippen LogP contribution >= 0.6 is 11.3 Å². The summed E-state index contributed by atoms with van der Waals surface area (Å²) < 4.78 is 0. The summed E-state index contributed by atoms with van der Waals surface area (Å²) in [6.07, 6.45) is 3.06. The molecule has 1 aromatic heterocycles. The zero-order valence-electron chi connectivity index (χ0n) is 18.0. The second-order valence-electron chi connectivity index (χ2n) is 7.06. The van der Waals surface area contributed by atoms with Crippen molar-refractivity contribution in [1.29, 1.82) is 0 Å². The van der Waals surface area contributed by atoms with Gasteiger partial charge in [0.15, 0.2) is 5.13 Å². The fourth-order valence-corrected chi connectivity index (χ4v) is 4.06. The lowest BCUT2D eigenvalue weighted by Crippen LogP contribution is -2.37. The number of carbonyl (C=O) groups excluding carboxylic acids is 2. The molecule has 0 saturated carbocycles. The molecular formula is C26H22N4O2S. The Morgan fingerprint density at radius 3 is 1.85 bits per heavy atom. The van der Waals surface area contributed by atoms with Gasteiger partial charge in [-0.1, -0.05) is 54.6 Å². The first kappa shape index (κ1) is 22.0. The number of rotatable bonds is 7. The van der Waals surface area contributed by atoms with Gasteiger partial charge in [-0.25, -0.2) is 4.98 Å². The number of nitrogens with one attached hydrogen (secondary N) is 1. The van der Waals surface area contributed by atoms with Gasteiger partial charge in [0.2, 0.25) is 5.91 Å². The third-order valence-corrected chi connectivity index (χ3v) is 5.53. The minimum atomic E-state index is -0.302. The topological polar surface area (TPSA) is 65.5 Å². The molecule has 0 unspecified atom stereocenters. The molecule has 2 amide bonds. The minimum Gasteiger partial charge on any atom is -0.274 e. The molecule has 0 fully saturated rings. The second kappa shape index (κ2) is 10.4. The Kier molecular flexibility index (Phi) is 6.92. The molecule has 0 radical (unpaired) electrons. The van der Waals surface area contributed by atoms with Crippen molar-refractivity contribution in [2.75, 3.05) is 9.91 Å². The first-order valence-electron chi connectivity index (χ1n) is 10.3. The number of anilines is 4. The molecule has 4 rings (SSSR count). The van der Waals surface area contributed by atoms with Crippen LogP contribution in [0.4, 0.5) is 22.2 Å². The van der Waals surface area contributed by atoms with Crippen LogP contribution in [0.2, 0.25) is 0 Å². The highest BCUT2D eigenvalue weighted by Gasteiger charge is 2.17. The molecule has 1 N–H and O–H groups in total. The number of thiazole rings is 1. The lowest BCUT2D eigenvalue weighted by atomic mass is 10.2. The number of hydrazine groups is 1. The normalized spacial score (nSPS) is 10.7. The highest BCUT2D eigenvalue weighted by molar-refractivity contribution is 7.14. The van der Waals surface area contributed by atoms with E-state index in [1.807, 2.05) is 96.4 Å². The number of amides is 2. The van der Waals surface area contributed by atoms with Gasteiger partial charge in [0, 0.05) is 18.4 Å². The standard InChI is InChI=1S/C26H22N4O2S/c1-20(31)29(22-11-5-2-6-12-22)26-27-21(19-33-26)17-18-25(32)28-30(23-13-7-3-8-14-23)24-15-9-4-10-16-24/h2-19H,1H3,(H,28,32)/b18-17+. The summed E-state index contributed by atoms with van der Waals surface area (Å²) in [6.45, 7) is 1.50. The molecule has 6 nitrogen and oxygen atoms in total.